The Bertz CT molecular complexity index is 1170. The number of aliphatic hydroxyl groups excluding tert-OH is 1. The number of carbonyl (C=O) groups is 2. The molecule has 1 amide bonds. The third kappa shape index (κ3) is 5.95. The fourth-order valence-electron chi connectivity index (χ4n) is 4.89. The number of nitrogens with zero attached hydrogens (tertiary/aromatic N) is 2. The van der Waals surface area contributed by atoms with Crippen molar-refractivity contribution in [2.45, 2.75) is 32.4 Å². The van der Waals surface area contributed by atoms with E-state index < -0.39 is 17.7 Å². The number of hydrogen-bond acceptors (Lipinski definition) is 8. The van der Waals surface area contributed by atoms with Gasteiger partial charge in [-0.1, -0.05) is 0 Å². The number of aliphatic hydroxyl groups is 1. The highest BCUT2D eigenvalue weighted by atomic mass is 16.5. The molecule has 2 aliphatic rings. The Labute approximate surface area is 223 Å². The molecule has 0 saturated carbocycles. The molecule has 2 aromatic carbocycles. The van der Waals surface area contributed by atoms with E-state index in [9.17, 15) is 14.7 Å². The average molecular weight is 525 g/mol. The van der Waals surface area contributed by atoms with Crippen LogP contribution in [0.4, 0.5) is 0 Å². The molecule has 0 spiro atoms. The Morgan fingerprint density at radius 3 is 2.32 bits per heavy atom. The van der Waals surface area contributed by atoms with Gasteiger partial charge in [-0.15, -0.1) is 0 Å². The number of likely N-dealkylation sites (tertiary alicyclic amines) is 1. The average Bonchev–Trinajstić information content (AvgIpc) is 3.17. The summed E-state index contributed by atoms with van der Waals surface area (Å²) in [7, 11) is 3.08. The quantitative estimate of drug-likeness (QED) is 0.286. The van der Waals surface area contributed by atoms with E-state index in [1.165, 1.54) is 12.0 Å². The second kappa shape index (κ2) is 12.3. The third-order valence-electron chi connectivity index (χ3n) is 6.75. The summed E-state index contributed by atoms with van der Waals surface area (Å²) in [6.45, 7) is 8.03. The Balaban J connectivity index is 1.71. The number of rotatable bonds is 10. The first kappa shape index (κ1) is 27.5. The van der Waals surface area contributed by atoms with Crippen molar-refractivity contribution in [2.24, 2.45) is 0 Å². The fourth-order valence-corrected chi connectivity index (χ4v) is 4.89. The number of methoxy groups -OCH3 is 2. The summed E-state index contributed by atoms with van der Waals surface area (Å²) < 4.78 is 22.1. The number of ketones is 1. The molecule has 0 aliphatic carbocycles. The first-order chi connectivity index (χ1) is 18.3. The molecule has 0 aromatic heterocycles. The van der Waals surface area contributed by atoms with Crippen molar-refractivity contribution in [3.8, 4) is 17.2 Å². The number of Topliss-reactive ketones (excluding diaryl/α,β-unsaturated/α-hetero) is 1. The standard InChI is InChI=1S/C29H36N2O7/c1-19(2)38-21-8-6-20(7-9-21)27(32)25-26(23-11-10-22(35-3)18-24(23)36-4)31(29(34)28(25)33)13-5-12-30-14-16-37-17-15-30/h6-11,18-19,26,32H,5,12-17H2,1-4H3/b27-25+. The SMILES string of the molecule is COc1ccc(C2/C(=C(\O)c3ccc(OC(C)C)cc3)C(=O)C(=O)N2CCCN2CCOCC2)c(OC)c1. The van der Waals surface area contributed by atoms with Crippen LogP contribution in [0.1, 0.15) is 37.4 Å². The first-order valence-electron chi connectivity index (χ1n) is 12.9. The summed E-state index contributed by atoms with van der Waals surface area (Å²) >= 11 is 0. The van der Waals surface area contributed by atoms with Gasteiger partial charge >= 0.3 is 0 Å². The van der Waals surface area contributed by atoms with Gasteiger partial charge in [0.15, 0.2) is 0 Å². The fraction of sp³-hybridized carbons (Fsp3) is 0.448. The topological polar surface area (TPSA) is 97.8 Å². The lowest BCUT2D eigenvalue weighted by Gasteiger charge is -2.29. The monoisotopic (exact) mass is 524 g/mol. The van der Waals surface area contributed by atoms with Crippen LogP contribution >= 0.6 is 0 Å². The molecule has 2 heterocycles. The van der Waals surface area contributed by atoms with Gasteiger partial charge in [-0.05, 0) is 56.7 Å². The highest BCUT2D eigenvalue weighted by Crippen LogP contribution is 2.43. The minimum absolute atomic E-state index is 0.000212. The van der Waals surface area contributed by atoms with Crippen LogP contribution in [0.5, 0.6) is 17.2 Å². The normalized spacial score (nSPS) is 19.7. The summed E-state index contributed by atoms with van der Waals surface area (Å²) in [6, 6.07) is 11.3. The Hall–Kier alpha value is -3.56. The molecule has 2 aliphatic heterocycles. The molecule has 2 fully saturated rings. The highest BCUT2D eigenvalue weighted by molar-refractivity contribution is 6.46. The first-order valence-corrected chi connectivity index (χ1v) is 12.9. The minimum Gasteiger partial charge on any atom is -0.507 e. The van der Waals surface area contributed by atoms with E-state index in [-0.39, 0.29) is 17.4 Å². The van der Waals surface area contributed by atoms with Crippen LogP contribution in [-0.4, -0.2) is 86.3 Å². The maximum absolute atomic E-state index is 13.4. The molecule has 38 heavy (non-hydrogen) atoms. The molecule has 204 valence electrons. The molecular formula is C29H36N2O7. The van der Waals surface area contributed by atoms with Crippen LogP contribution in [0.3, 0.4) is 0 Å². The van der Waals surface area contributed by atoms with E-state index in [4.69, 9.17) is 18.9 Å². The van der Waals surface area contributed by atoms with Gasteiger partial charge in [0.25, 0.3) is 11.7 Å². The zero-order chi connectivity index (χ0) is 27.2. The summed E-state index contributed by atoms with van der Waals surface area (Å²) in [4.78, 5) is 30.5. The van der Waals surface area contributed by atoms with E-state index in [0.717, 1.165) is 19.6 Å². The van der Waals surface area contributed by atoms with Gasteiger partial charge in [0, 0.05) is 43.4 Å². The van der Waals surface area contributed by atoms with E-state index >= 15 is 0 Å². The zero-order valence-corrected chi connectivity index (χ0v) is 22.4. The molecule has 2 saturated heterocycles. The lowest BCUT2D eigenvalue weighted by Crippen LogP contribution is -2.39. The van der Waals surface area contributed by atoms with Gasteiger partial charge < -0.3 is 29.0 Å². The minimum atomic E-state index is -0.813. The predicted molar refractivity (Wildman–Crippen MR) is 143 cm³/mol. The van der Waals surface area contributed by atoms with E-state index in [0.29, 0.717) is 54.6 Å². The number of benzene rings is 2. The molecule has 2 aromatic rings. The van der Waals surface area contributed by atoms with E-state index in [2.05, 4.69) is 4.90 Å². The highest BCUT2D eigenvalue weighted by Gasteiger charge is 2.47. The van der Waals surface area contributed by atoms with Crippen LogP contribution in [0.15, 0.2) is 48.0 Å². The lowest BCUT2D eigenvalue weighted by atomic mass is 9.94. The van der Waals surface area contributed by atoms with Gasteiger partial charge in [-0.2, -0.15) is 0 Å². The van der Waals surface area contributed by atoms with Crippen molar-refractivity contribution >= 4 is 17.4 Å². The Morgan fingerprint density at radius 2 is 1.68 bits per heavy atom. The van der Waals surface area contributed by atoms with Crippen LogP contribution in [0.25, 0.3) is 5.76 Å². The lowest BCUT2D eigenvalue weighted by molar-refractivity contribution is -0.140. The number of amides is 1. The molecule has 1 atom stereocenters. The number of morpholine rings is 1. The maximum Gasteiger partial charge on any atom is 0.295 e. The molecule has 4 rings (SSSR count). The molecule has 9 nitrogen and oxygen atoms in total. The summed E-state index contributed by atoms with van der Waals surface area (Å²) in [5.41, 5.74) is 1.05. The van der Waals surface area contributed by atoms with Crippen LogP contribution in [-0.2, 0) is 14.3 Å². The summed E-state index contributed by atoms with van der Waals surface area (Å²) in [6.07, 6.45) is 0.670. The van der Waals surface area contributed by atoms with Crippen molar-refractivity contribution < 1.29 is 33.6 Å². The summed E-state index contributed by atoms with van der Waals surface area (Å²) in [5.74, 6) is 0.0820. The van der Waals surface area contributed by atoms with Crippen LogP contribution in [0.2, 0.25) is 0 Å². The van der Waals surface area contributed by atoms with Crippen molar-refractivity contribution in [2.75, 3.05) is 53.6 Å². The largest absolute Gasteiger partial charge is 0.507 e. The molecule has 9 heteroatoms. The Kier molecular flexibility index (Phi) is 8.91. The maximum atomic E-state index is 13.4. The Morgan fingerprint density at radius 1 is 1.00 bits per heavy atom. The number of ether oxygens (including phenoxy) is 4. The van der Waals surface area contributed by atoms with Gasteiger partial charge in [0.2, 0.25) is 0 Å². The summed E-state index contributed by atoms with van der Waals surface area (Å²) in [5, 5.41) is 11.4. The van der Waals surface area contributed by atoms with Crippen molar-refractivity contribution in [3.63, 3.8) is 0 Å². The molecule has 1 unspecified atom stereocenters. The van der Waals surface area contributed by atoms with Gasteiger partial charge in [-0.25, -0.2) is 0 Å². The molecule has 0 bridgehead atoms. The molecular weight excluding hydrogens is 488 g/mol. The predicted octanol–water partition coefficient (Wildman–Crippen LogP) is 3.64. The van der Waals surface area contributed by atoms with Gasteiger partial charge in [0.05, 0.1) is 45.2 Å². The van der Waals surface area contributed by atoms with Crippen molar-refractivity contribution in [1.29, 1.82) is 0 Å². The molecule has 0 radical (unpaired) electrons. The smallest absolute Gasteiger partial charge is 0.295 e. The third-order valence-corrected chi connectivity index (χ3v) is 6.75. The van der Waals surface area contributed by atoms with E-state index in [1.807, 2.05) is 13.8 Å². The molecule has 1 N–H and O–H groups in total. The second-order valence-corrected chi connectivity index (χ2v) is 9.60. The zero-order valence-electron chi connectivity index (χ0n) is 22.4. The van der Waals surface area contributed by atoms with Crippen molar-refractivity contribution in [1.82, 2.24) is 9.80 Å². The van der Waals surface area contributed by atoms with Crippen molar-refractivity contribution in [3.05, 3.63) is 59.2 Å². The van der Waals surface area contributed by atoms with Crippen LogP contribution in [0, 0.1) is 0 Å². The van der Waals surface area contributed by atoms with Gasteiger partial charge in [-0.3, -0.25) is 14.5 Å². The van der Waals surface area contributed by atoms with Crippen LogP contribution < -0.4 is 14.2 Å². The van der Waals surface area contributed by atoms with Gasteiger partial charge in [0.1, 0.15) is 23.0 Å². The number of carbonyl (C=O) groups excluding carboxylic acids is 2. The van der Waals surface area contributed by atoms with E-state index in [1.54, 1.807) is 49.6 Å². The second-order valence-electron chi connectivity index (χ2n) is 9.60. The number of hydrogen-bond donors (Lipinski definition) is 1.